The third kappa shape index (κ3) is 4.57. The second-order valence-electron chi connectivity index (χ2n) is 5.67. The van der Waals surface area contributed by atoms with Gasteiger partial charge in [0.1, 0.15) is 5.82 Å². The molecule has 0 spiro atoms. The fourth-order valence-electron chi connectivity index (χ4n) is 2.91. The molecule has 19 heavy (non-hydrogen) atoms. The second kappa shape index (κ2) is 7.39. The molecule has 0 amide bonds. The van der Waals surface area contributed by atoms with Crippen molar-refractivity contribution in [3.05, 3.63) is 34.1 Å². The molecule has 1 saturated carbocycles. The van der Waals surface area contributed by atoms with E-state index in [-0.39, 0.29) is 5.82 Å². The van der Waals surface area contributed by atoms with Gasteiger partial charge >= 0.3 is 0 Å². The lowest BCUT2D eigenvalue weighted by molar-refractivity contribution is 0.336. The minimum Gasteiger partial charge on any atom is -0.310 e. The van der Waals surface area contributed by atoms with E-state index in [0.717, 1.165) is 18.0 Å². The van der Waals surface area contributed by atoms with E-state index in [0.29, 0.717) is 10.5 Å². The highest BCUT2D eigenvalue weighted by atomic mass is 79.9. The maximum atomic E-state index is 13.2. The molecule has 106 valence electrons. The molecule has 1 fully saturated rings. The standard InChI is InChI=1S/C16H23BrFN/c1-12(14-6-4-2-3-5-7-14)19-11-13-8-9-16(18)15(17)10-13/h8-10,12,14,19H,2-7,11H2,1H3/t12-/m0/s1. The van der Waals surface area contributed by atoms with Gasteiger partial charge in [-0.05, 0) is 59.3 Å². The van der Waals surface area contributed by atoms with Crippen LogP contribution in [0.2, 0.25) is 0 Å². The number of halogens is 2. The van der Waals surface area contributed by atoms with Crippen LogP contribution in [0.5, 0.6) is 0 Å². The average molecular weight is 328 g/mol. The predicted molar refractivity (Wildman–Crippen MR) is 81.6 cm³/mol. The summed E-state index contributed by atoms with van der Waals surface area (Å²) in [5.41, 5.74) is 1.13. The zero-order chi connectivity index (χ0) is 13.7. The summed E-state index contributed by atoms with van der Waals surface area (Å²) in [4.78, 5) is 0. The largest absolute Gasteiger partial charge is 0.310 e. The molecule has 1 aromatic rings. The van der Waals surface area contributed by atoms with Gasteiger partial charge in [-0.2, -0.15) is 0 Å². The molecule has 1 nitrogen and oxygen atoms in total. The Labute approximate surface area is 124 Å². The van der Waals surface area contributed by atoms with Gasteiger partial charge in [0.15, 0.2) is 0 Å². The molecule has 1 aliphatic carbocycles. The van der Waals surface area contributed by atoms with Gasteiger partial charge in [0.05, 0.1) is 4.47 Å². The monoisotopic (exact) mass is 327 g/mol. The average Bonchev–Trinajstić information content (AvgIpc) is 2.69. The molecule has 3 heteroatoms. The third-order valence-electron chi connectivity index (χ3n) is 4.22. The summed E-state index contributed by atoms with van der Waals surface area (Å²) < 4.78 is 13.7. The maximum Gasteiger partial charge on any atom is 0.137 e. The van der Waals surface area contributed by atoms with Crippen molar-refractivity contribution >= 4 is 15.9 Å². The number of hydrogen-bond acceptors (Lipinski definition) is 1. The van der Waals surface area contributed by atoms with Crippen LogP contribution >= 0.6 is 15.9 Å². The lowest BCUT2D eigenvalue weighted by Crippen LogP contribution is -2.32. The van der Waals surface area contributed by atoms with Crippen LogP contribution in [-0.2, 0) is 6.54 Å². The van der Waals surface area contributed by atoms with Crippen molar-refractivity contribution in [3.8, 4) is 0 Å². The summed E-state index contributed by atoms with van der Waals surface area (Å²) >= 11 is 3.24. The Morgan fingerprint density at radius 3 is 2.58 bits per heavy atom. The fraction of sp³-hybridized carbons (Fsp3) is 0.625. The molecule has 0 radical (unpaired) electrons. The van der Waals surface area contributed by atoms with Crippen molar-refractivity contribution in [1.29, 1.82) is 0 Å². The van der Waals surface area contributed by atoms with Crippen molar-refractivity contribution in [2.75, 3.05) is 0 Å². The predicted octanol–water partition coefficient (Wildman–Crippen LogP) is 5.04. The van der Waals surface area contributed by atoms with Crippen molar-refractivity contribution < 1.29 is 4.39 Å². The zero-order valence-electron chi connectivity index (χ0n) is 11.6. The molecule has 1 N–H and O–H groups in total. The minimum atomic E-state index is -0.194. The van der Waals surface area contributed by atoms with Gasteiger partial charge in [-0.25, -0.2) is 4.39 Å². The molecule has 0 saturated heterocycles. The highest BCUT2D eigenvalue weighted by Gasteiger charge is 2.18. The molecule has 1 aliphatic rings. The lowest BCUT2D eigenvalue weighted by atomic mass is 9.93. The van der Waals surface area contributed by atoms with Gasteiger partial charge < -0.3 is 5.32 Å². The Hall–Kier alpha value is -0.410. The van der Waals surface area contributed by atoms with Crippen molar-refractivity contribution in [3.63, 3.8) is 0 Å². The van der Waals surface area contributed by atoms with Gasteiger partial charge in [0, 0.05) is 12.6 Å². The van der Waals surface area contributed by atoms with E-state index < -0.39 is 0 Å². The second-order valence-corrected chi connectivity index (χ2v) is 6.52. The first-order chi connectivity index (χ1) is 9.16. The van der Waals surface area contributed by atoms with Crippen LogP contribution in [0.15, 0.2) is 22.7 Å². The number of nitrogens with one attached hydrogen (secondary N) is 1. The number of benzene rings is 1. The SMILES string of the molecule is C[C@H](NCc1ccc(F)c(Br)c1)C1CCCCCC1. The van der Waals surface area contributed by atoms with E-state index in [1.807, 2.05) is 12.1 Å². The number of rotatable bonds is 4. The highest BCUT2D eigenvalue weighted by Crippen LogP contribution is 2.25. The van der Waals surface area contributed by atoms with Crippen LogP contribution in [0.3, 0.4) is 0 Å². The van der Waals surface area contributed by atoms with Crippen molar-refractivity contribution in [2.24, 2.45) is 5.92 Å². The van der Waals surface area contributed by atoms with E-state index in [9.17, 15) is 4.39 Å². The van der Waals surface area contributed by atoms with Crippen molar-refractivity contribution in [1.82, 2.24) is 5.32 Å². The van der Waals surface area contributed by atoms with E-state index >= 15 is 0 Å². The minimum absolute atomic E-state index is 0.194. The molecule has 0 aromatic heterocycles. The topological polar surface area (TPSA) is 12.0 Å². The van der Waals surface area contributed by atoms with Gasteiger partial charge in [-0.3, -0.25) is 0 Å². The van der Waals surface area contributed by atoms with Gasteiger partial charge in [0.25, 0.3) is 0 Å². The summed E-state index contributed by atoms with van der Waals surface area (Å²) in [6, 6.07) is 5.79. The molecule has 0 heterocycles. The Bertz CT molecular complexity index is 400. The van der Waals surface area contributed by atoms with E-state index in [4.69, 9.17) is 0 Å². The van der Waals surface area contributed by atoms with Crippen LogP contribution in [0.1, 0.15) is 51.0 Å². The molecule has 2 rings (SSSR count). The van der Waals surface area contributed by atoms with Gasteiger partial charge in [-0.1, -0.05) is 31.7 Å². The molecule has 1 atom stereocenters. The van der Waals surface area contributed by atoms with Gasteiger partial charge in [0.2, 0.25) is 0 Å². The normalized spacial score (nSPS) is 19.1. The van der Waals surface area contributed by atoms with E-state index in [1.54, 1.807) is 0 Å². The Morgan fingerprint density at radius 2 is 1.95 bits per heavy atom. The van der Waals surface area contributed by atoms with Gasteiger partial charge in [-0.15, -0.1) is 0 Å². The Morgan fingerprint density at radius 1 is 1.26 bits per heavy atom. The van der Waals surface area contributed by atoms with Crippen LogP contribution in [0.25, 0.3) is 0 Å². The molecular formula is C16H23BrFN. The van der Waals surface area contributed by atoms with Crippen LogP contribution < -0.4 is 5.32 Å². The summed E-state index contributed by atoms with van der Waals surface area (Å²) in [6.07, 6.45) is 8.24. The van der Waals surface area contributed by atoms with Crippen LogP contribution in [0, 0.1) is 11.7 Å². The third-order valence-corrected chi connectivity index (χ3v) is 4.83. The molecule has 0 unspecified atom stereocenters. The highest BCUT2D eigenvalue weighted by molar-refractivity contribution is 9.10. The zero-order valence-corrected chi connectivity index (χ0v) is 13.2. The Kier molecular flexibility index (Phi) is 5.83. The molecule has 0 aliphatic heterocycles. The Balaban J connectivity index is 1.84. The summed E-state index contributed by atoms with van der Waals surface area (Å²) in [6.45, 7) is 3.10. The van der Waals surface area contributed by atoms with Crippen LogP contribution in [0.4, 0.5) is 4.39 Å². The molecular weight excluding hydrogens is 305 g/mol. The summed E-state index contributed by atoms with van der Waals surface area (Å²) in [7, 11) is 0. The maximum absolute atomic E-state index is 13.2. The van der Waals surface area contributed by atoms with E-state index in [1.165, 1.54) is 44.6 Å². The van der Waals surface area contributed by atoms with E-state index in [2.05, 4.69) is 28.2 Å². The number of hydrogen-bond donors (Lipinski definition) is 1. The lowest BCUT2D eigenvalue weighted by Gasteiger charge is -2.23. The van der Waals surface area contributed by atoms with Crippen molar-refractivity contribution in [2.45, 2.75) is 58.0 Å². The first-order valence-electron chi connectivity index (χ1n) is 7.34. The first-order valence-corrected chi connectivity index (χ1v) is 8.13. The summed E-state index contributed by atoms with van der Waals surface area (Å²) in [5, 5.41) is 3.60. The molecule has 0 bridgehead atoms. The quantitative estimate of drug-likeness (QED) is 0.764. The molecule has 1 aromatic carbocycles. The van der Waals surface area contributed by atoms with Crippen LogP contribution in [-0.4, -0.2) is 6.04 Å². The summed E-state index contributed by atoms with van der Waals surface area (Å²) in [5.74, 6) is 0.604. The fourth-order valence-corrected chi connectivity index (χ4v) is 3.33. The first kappa shape index (κ1) is 15.0. The smallest absolute Gasteiger partial charge is 0.137 e.